The summed E-state index contributed by atoms with van der Waals surface area (Å²) in [6.45, 7) is 3.86. The van der Waals surface area contributed by atoms with E-state index < -0.39 is 6.36 Å². The molecule has 0 radical (unpaired) electrons. The molecule has 0 spiro atoms. The van der Waals surface area contributed by atoms with Gasteiger partial charge in [0.25, 0.3) is 0 Å². The number of alkyl halides is 3. The fourth-order valence-electron chi connectivity index (χ4n) is 2.55. The maximum Gasteiger partial charge on any atom is 0.573 e. The molecule has 2 aromatic carbocycles. The van der Waals surface area contributed by atoms with Crippen molar-refractivity contribution in [2.45, 2.75) is 26.3 Å². The molecule has 0 unspecified atom stereocenters. The zero-order valence-corrected chi connectivity index (χ0v) is 16.3. The van der Waals surface area contributed by atoms with Crippen LogP contribution in [0.5, 0.6) is 5.75 Å². The highest BCUT2D eigenvalue weighted by atomic mass is 35.5. The Kier molecular flexibility index (Phi) is 6.12. The SMILES string of the molecule is CC(C)Nc1nc(Nc2cccc(Cl)c2)cc(-c2cccc(OC(F)(F)F)c2)n1. The first-order valence-corrected chi connectivity index (χ1v) is 9.10. The highest BCUT2D eigenvalue weighted by molar-refractivity contribution is 6.30. The number of ether oxygens (including phenoxy) is 1. The van der Waals surface area contributed by atoms with Crippen LogP contribution in [-0.2, 0) is 0 Å². The van der Waals surface area contributed by atoms with E-state index in [1.54, 1.807) is 30.3 Å². The quantitative estimate of drug-likeness (QED) is 0.491. The average molecular weight is 423 g/mol. The van der Waals surface area contributed by atoms with Gasteiger partial charge in [0.15, 0.2) is 0 Å². The van der Waals surface area contributed by atoms with Crippen LogP contribution in [0.2, 0.25) is 5.02 Å². The van der Waals surface area contributed by atoms with Gasteiger partial charge >= 0.3 is 6.36 Å². The Morgan fingerprint density at radius 2 is 1.76 bits per heavy atom. The number of halogens is 4. The molecule has 0 saturated carbocycles. The Hall–Kier alpha value is -3.00. The highest BCUT2D eigenvalue weighted by Gasteiger charge is 2.31. The predicted molar refractivity (Wildman–Crippen MR) is 108 cm³/mol. The number of hydrogen-bond donors (Lipinski definition) is 2. The first-order chi connectivity index (χ1) is 13.7. The van der Waals surface area contributed by atoms with E-state index in [2.05, 4.69) is 25.3 Å². The van der Waals surface area contributed by atoms with Gasteiger partial charge in [-0.15, -0.1) is 13.2 Å². The molecule has 0 saturated heterocycles. The van der Waals surface area contributed by atoms with E-state index in [9.17, 15) is 13.2 Å². The summed E-state index contributed by atoms with van der Waals surface area (Å²) in [5.41, 5.74) is 1.60. The molecule has 0 bridgehead atoms. The fourth-order valence-corrected chi connectivity index (χ4v) is 2.74. The van der Waals surface area contributed by atoms with Gasteiger partial charge in [0.05, 0.1) is 5.69 Å². The van der Waals surface area contributed by atoms with Crippen molar-refractivity contribution in [2.75, 3.05) is 10.6 Å². The first-order valence-electron chi connectivity index (χ1n) is 8.72. The van der Waals surface area contributed by atoms with Crippen molar-refractivity contribution in [2.24, 2.45) is 0 Å². The lowest BCUT2D eigenvalue weighted by Gasteiger charge is -2.14. The minimum Gasteiger partial charge on any atom is -0.406 e. The van der Waals surface area contributed by atoms with E-state index >= 15 is 0 Å². The van der Waals surface area contributed by atoms with Gasteiger partial charge in [0.1, 0.15) is 11.6 Å². The molecule has 3 rings (SSSR count). The second-order valence-electron chi connectivity index (χ2n) is 6.47. The molecule has 5 nitrogen and oxygen atoms in total. The standard InChI is InChI=1S/C20H18ClF3N4O/c1-12(2)25-19-27-17(13-5-3-8-16(9-13)29-20(22,23)24)11-18(28-19)26-15-7-4-6-14(21)10-15/h3-12H,1-2H3,(H2,25,26,27,28). The van der Waals surface area contributed by atoms with Crippen molar-refractivity contribution in [1.29, 1.82) is 0 Å². The van der Waals surface area contributed by atoms with E-state index in [1.165, 1.54) is 18.2 Å². The molecular weight excluding hydrogens is 405 g/mol. The third kappa shape index (κ3) is 6.25. The van der Waals surface area contributed by atoms with E-state index in [-0.39, 0.29) is 11.8 Å². The Morgan fingerprint density at radius 3 is 2.45 bits per heavy atom. The van der Waals surface area contributed by atoms with E-state index in [0.29, 0.717) is 33.7 Å². The van der Waals surface area contributed by atoms with E-state index in [4.69, 9.17) is 11.6 Å². The minimum atomic E-state index is -4.77. The molecular formula is C20H18ClF3N4O. The van der Waals surface area contributed by atoms with Crippen LogP contribution in [0.4, 0.5) is 30.6 Å². The third-order valence-corrected chi connectivity index (χ3v) is 3.84. The molecule has 0 aliphatic rings. The number of nitrogens with one attached hydrogen (secondary N) is 2. The summed E-state index contributed by atoms with van der Waals surface area (Å²) >= 11 is 6.02. The molecule has 0 fully saturated rings. The van der Waals surface area contributed by atoms with Gasteiger partial charge in [-0.25, -0.2) is 4.98 Å². The monoisotopic (exact) mass is 422 g/mol. The summed E-state index contributed by atoms with van der Waals surface area (Å²) < 4.78 is 41.6. The topological polar surface area (TPSA) is 59.1 Å². The number of benzene rings is 2. The van der Waals surface area contributed by atoms with Crippen molar-refractivity contribution in [3.8, 4) is 17.0 Å². The molecule has 1 aromatic heterocycles. The largest absolute Gasteiger partial charge is 0.573 e. The molecule has 0 aliphatic heterocycles. The van der Waals surface area contributed by atoms with Crippen LogP contribution in [0, 0.1) is 0 Å². The van der Waals surface area contributed by atoms with Gasteiger partial charge in [0, 0.05) is 28.4 Å². The molecule has 9 heteroatoms. The maximum absolute atomic E-state index is 12.5. The summed E-state index contributed by atoms with van der Waals surface area (Å²) in [7, 11) is 0. The predicted octanol–water partition coefficient (Wildman–Crippen LogP) is 6.26. The van der Waals surface area contributed by atoms with Crippen molar-refractivity contribution in [1.82, 2.24) is 9.97 Å². The van der Waals surface area contributed by atoms with Gasteiger partial charge < -0.3 is 15.4 Å². The van der Waals surface area contributed by atoms with Crippen LogP contribution in [0.25, 0.3) is 11.3 Å². The van der Waals surface area contributed by atoms with Crippen LogP contribution in [-0.4, -0.2) is 22.4 Å². The van der Waals surface area contributed by atoms with Crippen LogP contribution < -0.4 is 15.4 Å². The molecule has 0 amide bonds. The van der Waals surface area contributed by atoms with Gasteiger partial charge in [-0.3, -0.25) is 0 Å². The van der Waals surface area contributed by atoms with Gasteiger partial charge in [-0.2, -0.15) is 4.98 Å². The van der Waals surface area contributed by atoms with E-state index in [1.807, 2.05) is 19.9 Å². The molecule has 0 atom stereocenters. The third-order valence-electron chi connectivity index (χ3n) is 3.60. The minimum absolute atomic E-state index is 0.0594. The normalized spacial score (nSPS) is 11.4. The number of rotatable bonds is 6. The van der Waals surface area contributed by atoms with Crippen LogP contribution in [0.3, 0.4) is 0 Å². The Labute approximate surface area is 170 Å². The molecule has 1 heterocycles. The first kappa shape index (κ1) is 20.7. The molecule has 29 heavy (non-hydrogen) atoms. The molecule has 3 aromatic rings. The summed E-state index contributed by atoms with van der Waals surface area (Å²) in [5.74, 6) is 0.475. The summed E-state index contributed by atoms with van der Waals surface area (Å²) in [5, 5.41) is 6.80. The van der Waals surface area contributed by atoms with Crippen molar-refractivity contribution in [3.63, 3.8) is 0 Å². The van der Waals surface area contributed by atoms with Gasteiger partial charge in [-0.05, 0) is 44.2 Å². The van der Waals surface area contributed by atoms with Gasteiger partial charge in [0.2, 0.25) is 5.95 Å². The number of anilines is 3. The molecule has 2 N–H and O–H groups in total. The van der Waals surface area contributed by atoms with Crippen molar-refractivity contribution in [3.05, 3.63) is 59.6 Å². The zero-order chi connectivity index (χ0) is 21.0. The summed E-state index contributed by atoms with van der Waals surface area (Å²) in [6, 6.07) is 14.4. The fraction of sp³-hybridized carbons (Fsp3) is 0.200. The summed E-state index contributed by atoms with van der Waals surface area (Å²) in [6.07, 6.45) is -4.77. The lowest BCUT2D eigenvalue weighted by Crippen LogP contribution is -2.17. The smallest absolute Gasteiger partial charge is 0.406 e. The van der Waals surface area contributed by atoms with Crippen LogP contribution in [0.1, 0.15) is 13.8 Å². The second kappa shape index (κ2) is 8.57. The maximum atomic E-state index is 12.5. The lowest BCUT2D eigenvalue weighted by molar-refractivity contribution is -0.274. The van der Waals surface area contributed by atoms with Crippen molar-refractivity contribution >= 4 is 29.1 Å². The van der Waals surface area contributed by atoms with Crippen LogP contribution >= 0.6 is 11.6 Å². The molecule has 0 aliphatic carbocycles. The van der Waals surface area contributed by atoms with Crippen LogP contribution in [0.15, 0.2) is 54.6 Å². The lowest BCUT2D eigenvalue weighted by atomic mass is 10.1. The number of aromatic nitrogens is 2. The Bertz CT molecular complexity index is 995. The Morgan fingerprint density at radius 1 is 1.00 bits per heavy atom. The Balaban J connectivity index is 1.98. The number of hydrogen-bond acceptors (Lipinski definition) is 5. The second-order valence-corrected chi connectivity index (χ2v) is 6.91. The van der Waals surface area contributed by atoms with E-state index in [0.717, 1.165) is 0 Å². The van der Waals surface area contributed by atoms with Crippen molar-refractivity contribution < 1.29 is 17.9 Å². The number of nitrogens with zero attached hydrogens (tertiary/aromatic N) is 2. The molecule has 152 valence electrons. The zero-order valence-electron chi connectivity index (χ0n) is 15.6. The highest BCUT2D eigenvalue weighted by Crippen LogP contribution is 2.29. The average Bonchev–Trinajstić information content (AvgIpc) is 2.59. The van der Waals surface area contributed by atoms with Gasteiger partial charge in [-0.1, -0.05) is 29.8 Å². The summed E-state index contributed by atoms with van der Waals surface area (Å²) in [4.78, 5) is 8.83.